The second kappa shape index (κ2) is 5.92. The Morgan fingerprint density at radius 2 is 1.32 bits per heavy atom. The molecule has 0 aliphatic heterocycles. The first-order valence-corrected chi connectivity index (χ1v) is 7.04. The van der Waals surface area contributed by atoms with Gasteiger partial charge in [0, 0.05) is 18.4 Å². The van der Waals surface area contributed by atoms with Gasteiger partial charge in [-0.1, -0.05) is 45.0 Å². The predicted molar refractivity (Wildman–Crippen MR) is 84.4 cm³/mol. The lowest BCUT2D eigenvalue weighted by Crippen LogP contribution is -2.09. The highest BCUT2D eigenvalue weighted by atomic mass is 15.1. The van der Waals surface area contributed by atoms with Crippen molar-refractivity contribution in [2.45, 2.75) is 33.1 Å². The summed E-state index contributed by atoms with van der Waals surface area (Å²) in [6.07, 6.45) is 1.09. The van der Waals surface area contributed by atoms with E-state index in [2.05, 4.69) is 81.2 Å². The Morgan fingerprint density at radius 3 is 1.74 bits per heavy atom. The summed E-state index contributed by atoms with van der Waals surface area (Å²) in [7, 11) is 2.12. The van der Waals surface area contributed by atoms with Gasteiger partial charge in [-0.25, -0.2) is 0 Å². The van der Waals surface area contributed by atoms with Gasteiger partial charge in [0.15, 0.2) is 0 Å². The molecule has 1 heteroatoms. The van der Waals surface area contributed by atoms with Crippen molar-refractivity contribution < 1.29 is 0 Å². The van der Waals surface area contributed by atoms with E-state index in [1.165, 1.54) is 22.5 Å². The third-order valence-corrected chi connectivity index (χ3v) is 3.68. The van der Waals surface area contributed by atoms with Crippen LogP contribution in [0.4, 0.5) is 11.4 Å². The maximum Gasteiger partial charge on any atom is 0.0408 e. The van der Waals surface area contributed by atoms with Gasteiger partial charge in [-0.15, -0.1) is 0 Å². The summed E-state index contributed by atoms with van der Waals surface area (Å²) in [5, 5.41) is 0. The van der Waals surface area contributed by atoms with Crippen LogP contribution in [0.15, 0.2) is 48.5 Å². The predicted octanol–water partition coefficient (Wildman–Crippen LogP) is 5.14. The van der Waals surface area contributed by atoms with Gasteiger partial charge in [0.1, 0.15) is 0 Å². The van der Waals surface area contributed by atoms with Gasteiger partial charge in [-0.3, -0.25) is 0 Å². The van der Waals surface area contributed by atoms with E-state index in [1.807, 2.05) is 0 Å². The molecule has 0 bridgehead atoms. The Morgan fingerprint density at radius 1 is 0.842 bits per heavy atom. The minimum absolute atomic E-state index is 0.586. The van der Waals surface area contributed by atoms with E-state index in [0.717, 1.165) is 6.42 Å². The van der Waals surface area contributed by atoms with E-state index in [1.54, 1.807) is 0 Å². The maximum atomic E-state index is 2.23. The van der Waals surface area contributed by atoms with Crippen LogP contribution in [-0.4, -0.2) is 7.05 Å². The molecule has 0 amide bonds. The van der Waals surface area contributed by atoms with Gasteiger partial charge >= 0.3 is 0 Å². The maximum absolute atomic E-state index is 2.23. The van der Waals surface area contributed by atoms with Crippen molar-refractivity contribution in [2.24, 2.45) is 0 Å². The Kier molecular flexibility index (Phi) is 4.26. The Hall–Kier alpha value is -1.76. The van der Waals surface area contributed by atoms with Crippen LogP contribution < -0.4 is 4.90 Å². The molecule has 0 radical (unpaired) electrons. The first-order valence-electron chi connectivity index (χ1n) is 7.04. The van der Waals surface area contributed by atoms with Crippen molar-refractivity contribution in [2.75, 3.05) is 11.9 Å². The summed E-state index contributed by atoms with van der Waals surface area (Å²) in [4.78, 5) is 2.23. The molecular formula is C18H23N. The fourth-order valence-electron chi connectivity index (χ4n) is 2.19. The van der Waals surface area contributed by atoms with Crippen molar-refractivity contribution in [3.63, 3.8) is 0 Å². The first kappa shape index (κ1) is 13.7. The monoisotopic (exact) mass is 253 g/mol. The Balaban J connectivity index is 2.20. The van der Waals surface area contributed by atoms with Crippen molar-refractivity contribution in [3.05, 3.63) is 59.7 Å². The third-order valence-electron chi connectivity index (χ3n) is 3.68. The van der Waals surface area contributed by atoms with Crippen LogP contribution in [0.25, 0.3) is 0 Å². The summed E-state index contributed by atoms with van der Waals surface area (Å²) in [5.74, 6) is 0.586. The zero-order valence-electron chi connectivity index (χ0n) is 12.4. The van der Waals surface area contributed by atoms with Gasteiger partial charge < -0.3 is 4.90 Å². The zero-order chi connectivity index (χ0) is 13.8. The van der Waals surface area contributed by atoms with Crippen molar-refractivity contribution in [3.8, 4) is 0 Å². The summed E-state index contributed by atoms with van der Waals surface area (Å²) < 4.78 is 0. The molecule has 1 nitrogen and oxygen atoms in total. The molecule has 0 fully saturated rings. The molecule has 0 aliphatic rings. The number of hydrogen-bond acceptors (Lipinski definition) is 1. The second-order valence-corrected chi connectivity index (χ2v) is 5.33. The van der Waals surface area contributed by atoms with Crippen molar-refractivity contribution in [1.82, 2.24) is 0 Å². The lowest BCUT2D eigenvalue weighted by atomic mass is 10.0. The molecule has 0 heterocycles. The topological polar surface area (TPSA) is 3.24 Å². The van der Waals surface area contributed by atoms with E-state index >= 15 is 0 Å². The molecule has 0 atom stereocenters. The number of nitrogens with zero attached hydrogens (tertiary/aromatic N) is 1. The van der Waals surface area contributed by atoms with Crippen LogP contribution in [0.5, 0.6) is 0 Å². The lowest BCUT2D eigenvalue weighted by Gasteiger charge is -2.20. The second-order valence-electron chi connectivity index (χ2n) is 5.33. The summed E-state index contributed by atoms with van der Waals surface area (Å²) in [6, 6.07) is 17.6. The average molecular weight is 253 g/mol. The molecule has 2 aromatic carbocycles. The van der Waals surface area contributed by atoms with Crippen LogP contribution in [0.3, 0.4) is 0 Å². The highest BCUT2D eigenvalue weighted by Crippen LogP contribution is 2.25. The molecule has 0 unspecified atom stereocenters. The molecule has 0 saturated heterocycles. The van der Waals surface area contributed by atoms with Crippen LogP contribution in [-0.2, 0) is 6.42 Å². The van der Waals surface area contributed by atoms with E-state index in [-0.39, 0.29) is 0 Å². The number of aryl methyl sites for hydroxylation is 1. The van der Waals surface area contributed by atoms with E-state index in [4.69, 9.17) is 0 Å². The molecule has 0 saturated carbocycles. The van der Waals surface area contributed by atoms with E-state index < -0.39 is 0 Å². The van der Waals surface area contributed by atoms with E-state index in [0.29, 0.717) is 5.92 Å². The smallest absolute Gasteiger partial charge is 0.0408 e. The minimum Gasteiger partial charge on any atom is -0.345 e. The van der Waals surface area contributed by atoms with Crippen molar-refractivity contribution >= 4 is 11.4 Å². The fourth-order valence-corrected chi connectivity index (χ4v) is 2.19. The summed E-state index contributed by atoms with van der Waals surface area (Å²) in [6.45, 7) is 6.63. The Bertz CT molecular complexity index is 508. The average Bonchev–Trinajstić information content (AvgIpc) is 2.46. The van der Waals surface area contributed by atoms with Gasteiger partial charge in [0.2, 0.25) is 0 Å². The standard InChI is InChI=1S/C18H23N/c1-5-15-6-10-17(11-7-15)19(4)18-12-8-16(9-13-18)14(2)3/h6-14H,5H2,1-4H3. The molecule has 2 aromatic rings. The highest BCUT2D eigenvalue weighted by molar-refractivity contribution is 5.62. The van der Waals surface area contributed by atoms with Crippen molar-refractivity contribution in [1.29, 1.82) is 0 Å². The molecule has 19 heavy (non-hydrogen) atoms. The first-order chi connectivity index (χ1) is 9.11. The normalized spacial score (nSPS) is 10.8. The number of hydrogen-bond donors (Lipinski definition) is 0. The molecule has 0 aliphatic carbocycles. The van der Waals surface area contributed by atoms with Gasteiger partial charge in [-0.2, -0.15) is 0 Å². The number of benzene rings is 2. The molecule has 0 aromatic heterocycles. The van der Waals surface area contributed by atoms with Crippen LogP contribution in [0, 0.1) is 0 Å². The summed E-state index contributed by atoms with van der Waals surface area (Å²) in [5.41, 5.74) is 5.23. The lowest BCUT2D eigenvalue weighted by molar-refractivity contribution is 0.866. The quantitative estimate of drug-likeness (QED) is 0.729. The summed E-state index contributed by atoms with van der Waals surface area (Å²) >= 11 is 0. The van der Waals surface area contributed by atoms with E-state index in [9.17, 15) is 0 Å². The number of anilines is 2. The largest absolute Gasteiger partial charge is 0.345 e. The zero-order valence-corrected chi connectivity index (χ0v) is 12.4. The fraction of sp³-hybridized carbons (Fsp3) is 0.333. The van der Waals surface area contributed by atoms with Gasteiger partial charge in [0.25, 0.3) is 0 Å². The Labute approximate surface area is 116 Å². The van der Waals surface area contributed by atoms with Gasteiger partial charge in [0.05, 0.1) is 0 Å². The minimum atomic E-state index is 0.586. The third kappa shape index (κ3) is 3.17. The molecule has 0 spiro atoms. The molecule has 0 N–H and O–H groups in total. The molecule has 100 valence electrons. The number of rotatable bonds is 4. The SMILES string of the molecule is CCc1ccc(N(C)c2ccc(C(C)C)cc2)cc1. The van der Waals surface area contributed by atoms with Crippen LogP contribution in [0.2, 0.25) is 0 Å². The molecule has 2 rings (SSSR count). The van der Waals surface area contributed by atoms with Gasteiger partial charge in [-0.05, 0) is 47.7 Å². The van der Waals surface area contributed by atoms with Crippen LogP contribution in [0.1, 0.15) is 37.8 Å². The highest BCUT2D eigenvalue weighted by Gasteiger charge is 2.05. The van der Waals surface area contributed by atoms with Crippen LogP contribution >= 0.6 is 0 Å². The molecular weight excluding hydrogens is 230 g/mol.